The molecule has 0 aromatic carbocycles. The van der Waals surface area contributed by atoms with E-state index >= 15 is 0 Å². The van der Waals surface area contributed by atoms with Crippen molar-refractivity contribution in [3.8, 4) is 0 Å². The third-order valence-corrected chi connectivity index (χ3v) is 2.91. The van der Waals surface area contributed by atoms with Gasteiger partial charge in [0.1, 0.15) is 0 Å². The van der Waals surface area contributed by atoms with E-state index in [0.29, 0.717) is 5.54 Å². The van der Waals surface area contributed by atoms with Crippen LogP contribution in [0.2, 0.25) is 0 Å². The Bertz CT molecular complexity index is 111. The molecule has 2 heterocycles. The molecule has 1 saturated carbocycles. The maximum absolute atomic E-state index is 2.50. The van der Waals surface area contributed by atoms with Gasteiger partial charge in [-0.1, -0.05) is 0 Å². The number of hydrogen-bond acceptors (Lipinski definition) is 1. The van der Waals surface area contributed by atoms with Crippen LogP contribution in [0.3, 0.4) is 0 Å². The normalized spacial score (nSPS) is 54.0. The Morgan fingerprint density at radius 3 is 2.25 bits per heavy atom. The molecule has 46 valence electrons. The molecule has 0 N–H and O–H groups in total. The van der Waals surface area contributed by atoms with E-state index in [4.69, 9.17) is 0 Å². The maximum Gasteiger partial charge on any atom is 0.0184 e. The minimum atomic E-state index is 0.630. The first-order valence-corrected chi connectivity index (χ1v) is 3.42. The number of rotatable bonds is 0. The lowest BCUT2D eigenvalue weighted by Gasteiger charge is -2.37. The lowest BCUT2D eigenvalue weighted by Crippen LogP contribution is -2.40. The monoisotopic (exact) mass is 111 g/mol. The molecule has 8 heavy (non-hydrogen) atoms. The predicted octanol–water partition coefficient (Wildman–Crippen LogP) is 1.10. The topological polar surface area (TPSA) is 3.24 Å². The van der Waals surface area contributed by atoms with Gasteiger partial charge in [0, 0.05) is 12.1 Å². The molecule has 0 radical (unpaired) electrons. The summed E-state index contributed by atoms with van der Waals surface area (Å²) in [6, 6.07) is 0. The highest BCUT2D eigenvalue weighted by Gasteiger charge is 2.50. The molecule has 0 aromatic heterocycles. The molecule has 2 aliphatic heterocycles. The van der Waals surface area contributed by atoms with E-state index in [1.165, 1.54) is 19.4 Å². The molecule has 0 atom stereocenters. The van der Waals surface area contributed by atoms with Crippen molar-refractivity contribution in [1.29, 1.82) is 0 Å². The molecule has 0 amide bonds. The highest BCUT2D eigenvalue weighted by atomic mass is 15.2. The van der Waals surface area contributed by atoms with Crippen LogP contribution < -0.4 is 0 Å². The molecular weight excluding hydrogens is 98.1 g/mol. The van der Waals surface area contributed by atoms with E-state index in [9.17, 15) is 0 Å². The Hall–Kier alpha value is -0.0400. The van der Waals surface area contributed by atoms with Crippen molar-refractivity contribution in [3.63, 3.8) is 0 Å². The minimum absolute atomic E-state index is 0.630. The van der Waals surface area contributed by atoms with Gasteiger partial charge in [0.2, 0.25) is 0 Å². The molecule has 0 unspecified atom stereocenters. The zero-order valence-electron chi connectivity index (χ0n) is 5.65. The van der Waals surface area contributed by atoms with E-state index in [0.717, 1.165) is 5.92 Å². The Labute approximate surface area is 50.7 Å². The first kappa shape index (κ1) is 4.80. The Balaban J connectivity index is 2.21. The molecular formula is C7H13N. The first-order valence-electron chi connectivity index (χ1n) is 3.42. The lowest BCUT2D eigenvalue weighted by molar-refractivity contribution is 0.154. The quantitative estimate of drug-likeness (QED) is 0.452. The molecule has 3 rings (SSSR count). The second-order valence-corrected chi connectivity index (χ2v) is 3.65. The van der Waals surface area contributed by atoms with Gasteiger partial charge in [-0.15, -0.1) is 0 Å². The van der Waals surface area contributed by atoms with Crippen LogP contribution in [0.4, 0.5) is 0 Å². The van der Waals surface area contributed by atoms with Crippen molar-refractivity contribution in [3.05, 3.63) is 0 Å². The zero-order valence-corrected chi connectivity index (χ0v) is 5.65. The van der Waals surface area contributed by atoms with Crippen LogP contribution in [-0.2, 0) is 0 Å². The smallest absolute Gasteiger partial charge is 0.0184 e. The predicted molar refractivity (Wildman–Crippen MR) is 33.8 cm³/mol. The number of nitrogens with zero attached hydrogens (tertiary/aromatic N) is 1. The highest BCUT2D eigenvalue weighted by molar-refractivity contribution is 5.05. The van der Waals surface area contributed by atoms with E-state index in [-0.39, 0.29) is 0 Å². The summed E-state index contributed by atoms with van der Waals surface area (Å²) in [6.45, 7) is 3.73. The van der Waals surface area contributed by atoms with Crippen molar-refractivity contribution in [1.82, 2.24) is 4.90 Å². The largest absolute Gasteiger partial charge is 0.301 e. The van der Waals surface area contributed by atoms with Crippen LogP contribution in [-0.4, -0.2) is 24.0 Å². The second-order valence-electron chi connectivity index (χ2n) is 3.65. The van der Waals surface area contributed by atoms with Crippen LogP contribution in [0.25, 0.3) is 0 Å². The van der Waals surface area contributed by atoms with Crippen molar-refractivity contribution in [2.24, 2.45) is 5.92 Å². The summed E-state index contributed by atoms with van der Waals surface area (Å²) >= 11 is 0. The van der Waals surface area contributed by atoms with E-state index in [1.54, 1.807) is 0 Å². The molecule has 0 spiro atoms. The molecule has 2 saturated heterocycles. The second kappa shape index (κ2) is 1.10. The first-order chi connectivity index (χ1) is 3.71. The summed E-state index contributed by atoms with van der Waals surface area (Å²) in [5.74, 6) is 1.06. The van der Waals surface area contributed by atoms with Gasteiger partial charge in [-0.05, 0) is 32.7 Å². The van der Waals surface area contributed by atoms with Gasteiger partial charge in [0.25, 0.3) is 0 Å². The van der Waals surface area contributed by atoms with Crippen LogP contribution >= 0.6 is 0 Å². The van der Waals surface area contributed by atoms with Crippen LogP contribution in [0.5, 0.6) is 0 Å². The Morgan fingerprint density at radius 2 is 2.12 bits per heavy atom. The van der Waals surface area contributed by atoms with E-state index < -0.39 is 0 Å². The standard InChI is InChI=1S/C7H13N/c1-7-3-6(4-7)5-8(7)2/h6H,3-5H2,1-2H3. The van der Waals surface area contributed by atoms with Crippen molar-refractivity contribution in [2.75, 3.05) is 13.6 Å². The number of fused-ring (bicyclic) bond motifs is 1. The zero-order chi connectivity index (χ0) is 5.78. The Kier molecular flexibility index (Phi) is 0.663. The van der Waals surface area contributed by atoms with Crippen molar-refractivity contribution >= 4 is 0 Å². The van der Waals surface area contributed by atoms with E-state index in [2.05, 4.69) is 18.9 Å². The number of hydrogen-bond donors (Lipinski definition) is 0. The summed E-state index contributed by atoms with van der Waals surface area (Å²) in [4.78, 5) is 2.50. The highest BCUT2D eigenvalue weighted by Crippen LogP contribution is 2.48. The van der Waals surface area contributed by atoms with Gasteiger partial charge in [0.05, 0.1) is 0 Å². The van der Waals surface area contributed by atoms with Crippen molar-refractivity contribution < 1.29 is 0 Å². The fourth-order valence-electron chi connectivity index (χ4n) is 2.23. The summed E-state index contributed by atoms with van der Waals surface area (Å²) in [5.41, 5.74) is 0.630. The fourth-order valence-corrected chi connectivity index (χ4v) is 2.23. The molecule has 3 aliphatic rings. The molecule has 1 heteroatoms. The van der Waals surface area contributed by atoms with Gasteiger partial charge in [0.15, 0.2) is 0 Å². The molecule has 3 fully saturated rings. The van der Waals surface area contributed by atoms with Crippen LogP contribution in [0.1, 0.15) is 19.8 Å². The van der Waals surface area contributed by atoms with Gasteiger partial charge < -0.3 is 4.90 Å². The third kappa shape index (κ3) is 0.368. The average molecular weight is 111 g/mol. The van der Waals surface area contributed by atoms with Gasteiger partial charge in [-0.2, -0.15) is 0 Å². The van der Waals surface area contributed by atoms with Crippen LogP contribution in [0, 0.1) is 5.92 Å². The van der Waals surface area contributed by atoms with E-state index in [1.807, 2.05) is 0 Å². The average Bonchev–Trinajstić information content (AvgIpc) is 1.90. The van der Waals surface area contributed by atoms with Crippen LogP contribution in [0.15, 0.2) is 0 Å². The summed E-state index contributed by atoms with van der Waals surface area (Å²) in [6.07, 6.45) is 2.92. The SMILES string of the molecule is CN1CC2CC1(C)C2. The summed E-state index contributed by atoms with van der Waals surface area (Å²) in [7, 11) is 2.24. The third-order valence-electron chi connectivity index (χ3n) is 2.91. The minimum Gasteiger partial charge on any atom is -0.301 e. The van der Waals surface area contributed by atoms with Gasteiger partial charge >= 0.3 is 0 Å². The van der Waals surface area contributed by atoms with Gasteiger partial charge in [-0.25, -0.2) is 0 Å². The molecule has 2 bridgehead atoms. The Morgan fingerprint density at radius 1 is 1.50 bits per heavy atom. The molecule has 1 nitrogen and oxygen atoms in total. The van der Waals surface area contributed by atoms with Crippen molar-refractivity contribution in [2.45, 2.75) is 25.3 Å². The fraction of sp³-hybridized carbons (Fsp3) is 1.00. The maximum atomic E-state index is 2.50. The molecule has 0 aromatic rings. The lowest BCUT2D eigenvalue weighted by atomic mass is 9.75. The summed E-state index contributed by atoms with van der Waals surface area (Å²) in [5, 5.41) is 0. The molecule has 1 aliphatic carbocycles. The van der Waals surface area contributed by atoms with Gasteiger partial charge in [-0.3, -0.25) is 0 Å². The summed E-state index contributed by atoms with van der Waals surface area (Å²) < 4.78 is 0.